The number of hydrogen-bond acceptors (Lipinski definition) is 8. The van der Waals surface area contributed by atoms with Crippen LogP contribution in [-0.4, -0.2) is 55.2 Å². The van der Waals surface area contributed by atoms with Crippen molar-refractivity contribution in [2.24, 2.45) is 0 Å². The van der Waals surface area contributed by atoms with Gasteiger partial charge in [-0.3, -0.25) is 14.4 Å². The molecule has 1 aliphatic heterocycles. The second-order valence-electron chi connectivity index (χ2n) is 4.95. The standard InChI is InChI=1S/C15H20O8/c1-6-7-19-15-14(23-11(5)18)13(22-10(4)17)12(8(2)20-15)21-9(3)16/h1,8,12-15H,7H2,2-5H3/t8-,12+,13+,14-,15-/m0/s1. The molecular formula is C15H20O8. The van der Waals surface area contributed by atoms with E-state index in [2.05, 4.69) is 5.92 Å². The molecule has 23 heavy (non-hydrogen) atoms. The second-order valence-corrected chi connectivity index (χ2v) is 4.95. The predicted molar refractivity (Wildman–Crippen MR) is 75.8 cm³/mol. The Kier molecular flexibility index (Phi) is 7.00. The molecule has 8 heteroatoms. The molecule has 0 amide bonds. The zero-order chi connectivity index (χ0) is 17.6. The van der Waals surface area contributed by atoms with Gasteiger partial charge >= 0.3 is 17.9 Å². The average molecular weight is 328 g/mol. The first-order chi connectivity index (χ1) is 10.8. The topological polar surface area (TPSA) is 97.4 Å². The lowest BCUT2D eigenvalue weighted by molar-refractivity contribution is -0.298. The monoisotopic (exact) mass is 328 g/mol. The van der Waals surface area contributed by atoms with E-state index in [0.717, 1.165) is 0 Å². The Hall–Kier alpha value is -2.11. The van der Waals surface area contributed by atoms with Crippen LogP contribution in [0.25, 0.3) is 0 Å². The van der Waals surface area contributed by atoms with Crippen LogP contribution in [0.5, 0.6) is 0 Å². The van der Waals surface area contributed by atoms with Gasteiger partial charge in [-0.25, -0.2) is 0 Å². The third-order valence-corrected chi connectivity index (χ3v) is 2.96. The van der Waals surface area contributed by atoms with Gasteiger partial charge in [0.25, 0.3) is 0 Å². The van der Waals surface area contributed by atoms with E-state index in [1.807, 2.05) is 0 Å². The van der Waals surface area contributed by atoms with E-state index >= 15 is 0 Å². The maximum atomic E-state index is 11.4. The summed E-state index contributed by atoms with van der Waals surface area (Å²) in [5.74, 6) is 0.408. The van der Waals surface area contributed by atoms with E-state index in [0.29, 0.717) is 0 Å². The quantitative estimate of drug-likeness (QED) is 0.400. The third kappa shape index (κ3) is 5.54. The summed E-state index contributed by atoms with van der Waals surface area (Å²) < 4.78 is 26.4. The van der Waals surface area contributed by atoms with Crippen LogP contribution in [0.2, 0.25) is 0 Å². The van der Waals surface area contributed by atoms with E-state index in [-0.39, 0.29) is 6.61 Å². The fourth-order valence-corrected chi connectivity index (χ4v) is 2.23. The summed E-state index contributed by atoms with van der Waals surface area (Å²) in [5.41, 5.74) is 0. The van der Waals surface area contributed by atoms with E-state index < -0.39 is 48.6 Å². The Balaban J connectivity index is 3.11. The molecule has 128 valence electrons. The van der Waals surface area contributed by atoms with Crippen molar-refractivity contribution in [3.8, 4) is 12.3 Å². The van der Waals surface area contributed by atoms with Gasteiger partial charge in [-0.15, -0.1) is 6.42 Å². The Morgan fingerprint density at radius 1 is 0.957 bits per heavy atom. The number of carbonyl (C=O) groups is 3. The van der Waals surface area contributed by atoms with E-state index in [4.69, 9.17) is 30.1 Å². The summed E-state index contributed by atoms with van der Waals surface area (Å²) in [6, 6.07) is 0. The maximum Gasteiger partial charge on any atom is 0.303 e. The molecule has 1 heterocycles. The lowest BCUT2D eigenvalue weighted by atomic mass is 9.99. The molecule has 0 radical (unpaired) electrons. The Morgan fingerprint density at radius 3 is 1.91 bits per heavy atom. The number of terminal acetylenes is 1. The smallest absolute Gasteiger partial charge is 0.303 e. The number of ether oxygens (including phenoxy) is 5. The first-order valence-corrected chi connectivity index (χ1v) is 6.98. The van der Waals surface area contributed by atoms with Crippen LogP contribution in [0.4, 0.5) is 0 Å². The van der Waals surface area contributed by atoms with E-state index in [1.165, 1.54) is 20.8 Å². The summed E-state index contributed by atoms with van der Waals surface area (Å²) in [4.78, 5) is 34.0. The molecule has 0 saturated carbocycles. The first-order valence-electron chi connectivity index (χ1n) is 6.98. The maximum absolute atomic E-state index is 11.4. The van der Waals surface area contributed by atoms with Gasteiger partial charge in [0.05, 0.1) is 6.10 Å². The van der Waals surface area contributed by atoms with Crippen molar-refractivity contribution < 1.29 is 38.1 Å². The molecule has 1 fully saturated rings. The molecule has 1 rings (SSSR count). The highest BCUT2D eigenvalue weighted by atomic mass is 16.7. The molecule has 0 aromatic heterocycles. The van der Waals surface area contributed by atoms with Crippen LogP contribution >= 0.6 is 0 Å². The zero-order valence-electron chi connectivity index (χ0n) is 13.4. The highest BCUT2D eigenvalue weighted by Crippen LogP contribution is 2.29. The fraction of sp³-hybridized carbons (Fsp3) is 0.667. The average Bonchev–Trinajstić information content (AvgIpc) is 2.42. The number of rotatable bonds is 5. The minimum atomic E-state index is -1.12. The number of hydrogen-bond donors (Lipinski definition) is 0. The molecule has 0 unspecified atom stereocenters. The molecule has 1 aliphatic rings. The van der Waals surface area contributed by atoms with Crippen LogP contribution in [-0.2, 0) is 38.1 Å². The molecule has 0 N–H and O–H groups in total. The molecule has 1 saturated heterocycles. The molecule has 0 aromatic carbocycles. The van der Waals surface area contributed by atoms with Gasteiger partial charge < -0.3 is 23.7 Å². The van der Waals surface area contributed by atoms with Crippen LogP contribution in [0.15, 0.2) is 0 Å². The van der Waals surface area contributed by atoms with Gasteiger partial charge in [0.2, 0.25) is 0 Å². The Bertz CT molecular complexity index is 494. The molecule has 0 bridgehead atoms. The van der Waals surface area contributed by atoms with Crippen molar-refractivity contribution in [2.75, 3.05) is 6.61 Å². The Morgan fingerprint density at radius 2 is 1.43 bits per heavy atom. The van der Waals surface area contributed by atoms with E-state index in [1.54, 1.807) is 6.92 Å². The third-order valence-electron chi connectivity index (χ3n) is 2.96. The lowest BCUT2D eigenvalue weighted by Crippen LogP contribution is -2.61. The largest absolute Gasteiger partial charge is 0.456 e. The Labute approximate surface area is 134 Å². The van der Waals surface area contributed by atoms with Gasteiger partial charge in [0.15, 0.2) is 24.6 Å². The van der Waals surface area contributed by atoms with Crippen molar-refractivity contribution >= 4 is 17.9 Å². The van der Waals surface area contributed by atoms with Crippen molar-refractivity contribution in [3.05, 3.63) is 0 Å². The highest BCUT2D eigenvalue weighted by Gasteiger charge is 2.50. The van der Waals surface area contributed by atoms with Crippen molar-refractivity contribution in [1.82, 2.24) is 0 Å². The summed E-state index contributed by atoms with van der Waals surface area (Å²) in [5, 5.41) is 0. The SMILES string of the molecule is C#CCO[C@H]1O[C@@H](C)[C@@H](OC(C)=O)[C@@H](OC(C)=O)[C@@H]1OC(C)=O. The van der Waals surface area contributed by atoms with Crippen LogP contribution in [0.3, 0.4) is 0 Å². The van der Waals surface area contributed by atoms with Gasteiger partial charge in [0, 0.05) is 20.8 Å². The predicted octanol–water partition coefficient (Wildman–Crippen LogP) is 0.176. The number of carbonyl (C=O) groups excluding carboxylic acids is 3. The summed E-state index contributed by atoms with van der Waals surface area (Å²) in [7, 11) is 0. The van der Waals surface area contributed by atoms with Gasteiger partial charge in [-0.05, 0) is 6.92 Å². The lowest BCUT2D eigenvalue weighted by Gasteiger charge is -2.43. The van der Waals surface area contributed by atoms with Gasteiger partial charge in [0.1, 0.15) is 6.61 Å². The van der Waals surface area contributed by atoms with Crippen molar-refractivity contribution in [1.29, 1.82) is 0 Å². The molecular weight excluding hydrogens is 308 g/mol. The molecule has 0 aromatic rings. The number of esters is 3. The summed E-state index contributed by atoms with van der Waals surface area (Å²) in [6.45, 7) is 5.09. The van der Waals surface area contributed by atoms with Crippen molar-refractivity contribution in [2.45, 2.75) is 58.4 Å². The summed E-state index contributed by atoms with van der Waals surface area (Å²) in [6.07, 6.45) is 0.270. The summed E-state index contributed by atoms with van der Waals surface area (Å²) >= 11 is 0. The van der Waals surface area contributed by atoms with Crippen LogP contribution in [0.1, 0.15) is 27.7 Å². The highest BCUT2D eigenvalue weighted by molar-refractivity contribution is 5.68. The molecule has 0 spiro atoms. The van der Waals surface area contributed by atoms with E-state index in [9.17, 15) is 14.4 Å². The molecule has 0 aliphatic carbocycles. The first kappa shape index (κ1) is 18.9. The van der Waals surface area contributed by atoms with Crippen LogP contribution in [0, 0.1) is 12.3 Å². The normalized spacial score (nSPS) is 30.0. The van der Waals surface area contributed by atoms with Gasteiger partial charge in [-0.1, -0.05) is 5.92 Å². The molecule has 5 atom stereocenters. The van der Waals surface area contributed by atoms with Gasteiger partial charge in [-0.2, -0.15) is 0 Å². The molecule has 8 nitrogen and oxygen atoms in total. The second kappa shape index (κ2) is 8.50. The van der Waals surface area contributed by atoms with Crippen LogP contribution < -0.4 is 0 Å². The fourth-order valence-electron chi connectivity index (χ4n) is 2.23. The minimum Gasteiger partial charge on any atom is -0.456 e. The minimum absolute atomic E-state index is 0.0970. The van der Waals surface area contributed by atoms with Crippen molar-refractivity contribution in [3.63, 3.8) is 0 Å². The zero-order valence-corrected chi connectivity index (χ0v) is 13.4.